The molecule has 0 aromatic heterocycles. The van der Waals surface area contributed by atoms with Crippen LogP contribution in [0.5, 0.6) is 0 Å². The van der Waals surface area contributed by atoms with Gasteiger partial charge in [-0.05, 0) is 34.2 Å². The number of hydrogen-bond donors (Lipinski definition) is 2. The van der Waals surface area contributed by atoms with Gasteiger partial charge in [0, 0.05) is 18.1 Å². The van der Waals surface area contributed by atoms with Crippen molar-refractivity contribution in [2.24, 2.45) is 0 Å². The molecule has 2 N–H and O–H groups in total. The fourth-order valence-electron chi connectivity index (χ4n) is 1.13. The Morgan fingerprint density at radius 3 is 2.38 bits per heavy atom. The van der Waals surface area contributed by atoms with Crippen molar-refractivity contribution < 1.29 is 0 Å². The van der Waals surface area contributed by atoms with E-state index in [9.17, 15) is 0 Å². The van der Waals surface area contributed by atoms with E-state index in [0.29, 0.717) is 6.04 Å². The lowest BCUT2D eigenvalue weighted by atomic mass is 10.0. The van der Waals surface area contributed by atoms with E-state index in [4.69, 9.17) is 0 Å². The first kappa shape index (κ1) is 12.9. The monoisotopic (exact) mass is 186 g/mol. The van der Waals surface area contributed by atoms with E-state index in [2.05, 4.69) is 38.3 Å². The zero-order chi connectivity index (χ0) is 10.3. The van der Waals surface area contributed by atoms with Gasteiger partial charge in [-0.3, -0.25) is 0 Å². The van der Waals surface area contributed by atoms with Gasteiger partial charge in [0.2, 0.25) is 0 Å². The van der Waals surface area contributed by atoms with Crippen LogP contribution < -0.4 is 10.6 Å². The van der Waals surface area contributed by atoms with Crippen LogP contribution in [0.25, 0.3) is 0 Å². The summed E-state index contributed by atoms with van der Waals surface area (Å²) < 4.78 is 0. The van der Waals surface area contributed by atoms with Crippen molar-refractivity contribution in [2.45, 2.75) is 58.5 Å². The second kappa shape index (κ2) is 6.39. The Kier molecular flexibility index (Phi) is 6.35. The molecule has 0 aromatic rings. The maximum Gasteiger partial charge on any atom is 0.0246 e. The summed E-state index contributed by atoms with van der Waals surface area (Å²) in [5.41, 5.74) is 0.209. The lowest BCUT2D eigenvalue weighted by Gasteiger charge is -2.26. The SMILES string of the molecule is CCCCC(C)NCC(C)(C)NC. The van der Waals surface area contributed by atoms with Gasteiger partial charge >= 0.3 is 0 Å². The van der Waals surface area contributed by atoms with E-state index >= 15 is 0 Å². The Bertz CT molecular complexity index is 121. The van der Waals surface area contributed by atoms with Gasteiger partial charge in [-0.1, -0.05) is 19.8 Å². The molecule has 0 spiro atoms. The summed E-state index contributed by atoms with van der Waals surface area (Å²) in [6.07, 6.45) is 3.91. The minimum Gasteiger partial charge on any atom is -0.314 e. The number of hydrogen-bond acceptors (Lipinski definition) is 2. The van der Waals surface area contributed by atoms with Crippen molar-refractivity contribution in [3.63, 3.8) is 0 Å². The Morgan fingerprint density at radius 2 is 1.92 bits per heavy atom. The fourth-order valence-corrected chi connectivity index (χ4v) is 1.13. The van der Waals surface area contributed by atoms with Crippen molar-refractivity contribution >= 4 is 0 Å². The molecular weight excluding hydrogens is 160 g/mol. The molecule has 0 heterocycles. The molecule has 1 unspecified atom stereocenters. The van der Waals surface area contributed by atoms with E-state index in [1.54, 1.807) is 0 Å². The normalized spacial score (nSPS) is 14.5. The number of unbranched alkanes of at least 4 members (excludes halogenated alkanes) is 1. The molecule has 2 nitrogen and oxygen atoms in total. The highest BCUT2D eigenvalue weighted by molar-refractivity contribution is 4.79. The number of likely N-dealkylation sites (N-methyl/N-ethyl adjacent to an activating group) is 1. The van der Waals surface area contributed by atoms with Gasteiger partial charge in [0.1, 0.15) is 0 Å². The van der Waals surface area contributed by atoms with Crippen molar-refractivity contribution in [3.05, 3.63) is 0 Å². The first-order valence-electron chi connectivity index (χ1n) is 5.44. The molecule has 0 amide bonds. The molecule has 2 heteroatoms. The third-order valence-corrected chi connectivity index (χ3v) is 2.56. The Morgan fingerprint density at radius 1 is 1.31 bits per heavy atom. The quantitative estimate of drug-likeness (QED) is 0.636. The second-order valence-electron chi connectivity index (χ2n) is 4.56. The van der Waals surface area contributed by atoms with Crippen LogP contribution in [0.4, 0.5) is 0 Å². The molecule has 0 saturated heterocycles. The smallest absolute Gasteiger partial charge is 0.0246 e. The van der Waals surface area contributed by atoms with Gasteiger partial charge in [0.25, 0.3) is 0 Å². The fraction of sp³-hybridized carbons (Fsp3) is 1.00. The van der Waals surface area contributed by atoms with E-state index < -0.39 is 0 Å². The summed E-state index contributed by atoms with van der Waals surface area (Å²) in [6.45, 7) is 9.97. The number of nitrogens with one attached hydrogen (secondary N) is 2. The summed E-state index contributed by atoms with van der Waals surface area (Å²) in [6, 6.07) is 0.646. The van der Waals surface area contributed by atoms with Gasteiger partial charge in [-0.15, -0.1) is 0 Å². The van der Waals surface area contributed by atoms with Gasteiger partial charge in [-0.25, -0.2) is 0 Å². The van der Waals surface area contributed by atoms with Crippen LogP contribution >= 0.6 is 0 Å². The third kappa shape index (κ3) is 7.03. The Balaban J connectivity index is 3.51. The highest BCUT2D eigenvalue weighted by Gasteiger charge is 2.14. The molecule has 0 aromatic carbocycles. The van der Waals surface area contributed by atoms with Crippen molar-refractivity contribution in [2.75, 3.05) is 13.6 Å². The van der Waals surface area contributed by atoms with E-state index in [0.717, 1.165) is 6.54 Å². The summed E-state index contributed by atoms with van der Waals surface area (Å²) in [4.78, 5) is 0. The predicted molar refractivity (Wildman–Crippen MR) is 60.1 cm³/mol. The third-order valence-electron chi connectivity index (χ3n) is 2.56. The van der Waals surface area contributed by atoms with Gasteiger partial charge < -0.3 is 10.6 Å². The maximum atomic E-state index is 3.55. The molecule has 1 atom stereocenters. The molecule has 80 valence electrons. The molecule has 0 rings (SSSR count). The molecule has 13 heavy (non-hydrogen) atoms. The molecule has 0 aliphatic carbocycles. The zero-order valence-electron chi connectivity index (χ0n) is 9.91. The first-order chi connectivity index (χ1) is 6.02. The topological polar surface area (TPSA) is 24.1 Å². The van der Waals surface area contributed by atoms with Crippen LogP contribution in [0.2, 0.25) is 0 Å². The predicted octanol–water partition coefficient (Wildman–Crippen LogP) is 2.15. The highest BCUT2D eigenvalue weighted by Crippen LogP contribution is 2.02. The Hall–Kier alpha value is -0.0800. The molecule has 0 fully saturated rings. The summed E-state index contributed by atoms with van der Waals surface area (Å²) in [5.74, 6) is 0. The molecule has 0 aliphatic rings. The molecule has 0 radical (unpaired) electrons. The van der Waals surface area contributed by atoms with E-state index in [1.165, 1.54) is 19.3 Å². The van der Waals surface area contributed by atoms with Crippen molar-refractivity contribution in [1.82, 2.24) is 10.6 Å². The lowest BCUT2D eigenvalue weighted by molar-refractivity contribution is 0.363. The van der Waals surface area contributed by atoms with Gasteiger partial charge in [0.05, 0.1) is 0 Å². The minimum atomic E-state index is 0.209. The molecular formula is C11H26N2. The standard InChI is InChI=1S/C11H26N2/c1-6-7-8-10(2)13-9-11(3,4)12-5/h10,12-13H,6-9H2,1-5H3. The van der Waals surface area contributed by atoms with Crippen LogP contribution in [0.1, 0.15) is 47.0 Å². The second-order valence-corrected chi connectivity index (χ2v) is 4.56. The molecule has 0 aliphatic heterocycles. The molecule has 0 bridgehead atoms. The van der Waals surface area contributed by atoms with Crippen LogP contribution in [0, 0.1) is 0 Å². The zero-order valence-corrected chi connectivity index (χ0v) is 9.91. The average molecular weight is 186 g/mol. The summed E-state index contributed by atoms with van der Waals surface area (Å²) in [5, 5.41) is 6.84. The van der Waals surface area contributed by atoms with Crippen LogP contribution in [0.3, 0.4) is 0 Å². The van der Waals surface area contributed by atoms with Crippen LogP contribution in [-0.4, -0.2) is 25.2 Å². The summed E-state index contributed by atoms with van der Waals surface area (Å²) in [7, 11) is 2.01. The first-order valence-corrected chi connectivity index (χ1v) is 5.44. The maximum absolute atomic E-state index is 3.55. The van der Waals surface area contributed by atoms with Gasteiger partial charge in [0.15, 0.2) is 0 Å². The van der Waals surface area contributed by atoms with Crippen molar-refractivity contribution in [1.29, 1.82) is 0 Å². The van der Waals surface area contributed by atoms with Crippen LogP contribution in [0.15, 0.2) is 0 Å². The van der Waals surface area contributed by atoms with E-state index in [1.807, 2.05) is 7.05 Å². The van der Waals surface area contributed by atoms with Gasteiger partial charge in [-0.2, -0.15) is 0 Å². The lowest BCUT2D eigenvalue weighted by Crippen LogP contribution is -2.47. The minimum absolute atomic E-state index is 0.209. The van der Waals surface area contributed by atoms with Crippen molar-refractivity contribution in [3.8, 4) is 0 Å². The van der Waals surface area contributed by atoms with Crippen LogP contribution in [-0.2, 0) is 0 Å². The average Bonchev–Trinajstić information content (AvgIpc) is 2.11. The van der Waals surface area contributed by atoms with E-state index in [-0.39, 0.29) is 5.54 Å². The largest absolute Gasteiger partial charge is 0.314 e. The Labute approximate surface area is 83.5 Å². The molecule has 0 saturated carbocycles. The highest BCUT2D eigenvalue weighted by atomic mass is 15.0. The summed E-state index contributed by atoms with van der Waals surface area (Å²) >= 11 is 0. The number of rotatable bonds is 7.